The van der Waals surface area contributed by atoms with Gasteiger partial charge in [0.25, 0.3) is 5.79 Å². The van der Waals surface area contributed by atoms with Gasteiger partial charge in [-0.25, -0.2) is 4.98 Å². The Bertz CT molecular complexity index is 2470. The number of aromatic nitrogens is 1. The van der Waals surface area contributed by atoms with E-state index in [1.807, 2.05) is 13.8 Å². The highest BCUT2D eigenvalue weighted by molar-refractivity contribution is 6.26. The molecule has 3 aromatic carbocycles. The van der Waals surface area contributed by atoms with Crippen molar-refractivity contribution >= 4 is 56.3 Å². The summed E-state index contributed by atoms with van der Waals surface area (Å²) in [6.07, 6.45) is -1.79. The number of aliphatic hydroxyl groups is 2. The fourth-order valence-electron chi connectivity index (χ4n) is 9.59. The van der Waals surface area contributed by atoms with E-state index >= 15 is 0 Å². The lowest BCUT2D eigenvalue weighted by atomic mass is 9.77. The zero-order valence-corrected chi connectivity index (χ0v) is 39.6. The minimum atomic E-state index is -1.96. The molecule has 0 unspecified atom stereocenters. The topological polar surface area (TPSA) is 216 Å². The van der Waals surface area contributed by atoms with Crippen molar-refractivity contribution in [3.05, 3.63) is 39.5 Å². The first-order valence-corrected chi connectivity index (χ1v) is 23.0. The van der Waals surface area contributed by atoms with Crippen molar-refractivity contribution < 1.29 is 57.8 Å². The number of nitrogens with zero attached hydrogens (tertiary/aromatic N) is 2. The number of hydrogen-bond donors (Lipinski definition) is 4. The summed E-state index contributed by atoms with van der Waals surface area (Å²) in [6.45, 7) is 19.9. The number of carbonyl (C=O) groups is 3. The number of benzene rings is 3. The summed E-state index contributed by atoms with van der Waals surface area (Å²) in [6, 6.07) is 5.15. The van der Waals surface area contributed by atoms with Gasteiger partial charge in [-0.1, -0.05) is 61.0 Å². The number of ketones is 1. The maximum Gasteiger partial charge on any atom is 0.302 e. The van der Waals surface area contributed by atoms with E-state index in [0.29, 0.717) is 38.2 Å². The summed E-state index contributed by atoms with van der Waals surface area (Å²) >= 11 is 0. The fraction of sp³-hybridized carbons (Fsp3) is 0.612. The molecule has 4 aromatic rings. The fourth-order valence-corrected chi connectivity index (χ4v) is 9.59. The van der Waals surface area contributed by atoms with Gasteiger partial charge in [-0.05, 0) is 57.3 Å². The minimum absolute atomic E-state index is 0.00933. The highest BCUT2D eigenvalue weighted by Gasteiger charge is 2.49. The number of nitrogens with one attached hydrogen (secondary N) is 1. The molecule has 1 aromatic heterocycles. The number of ether oxygens (including phenoxy) is 5. The number of Topliss-reactive ketones (excluding diaryl/α,β-unsaturated/α-hetero) is 1. The van der Waals surface area contributed by atoms with Crippen LogP contribution in [0.5, 0.6) is 17.2 Å². The van der Waals surface area contributed by atoms with Crippen LogP contribution in [0.3, 0.4) is 0 Å². The van der Waals surface area contributed by atoms with Crippen LogP contribution in [0.4, 0.5) is 5.69 Å². The second kappa shape index (κ2) is 20.3. The monoisotopic (exact) mass is 905 g/mol. The molecule has 0 saturated heterocycles. The molecule has 0 fully saturated rings. The van der Waals surface area contributed by atoms with Crippen LogP contribution in [0, 0.1) is 36.5 Å². The van der Waals surface area contributed by atoms with Crippen LogP contribution < -0.4 is 20.2 Å². The Hall–Kier alpha value is -4.87. The molecular weight excluding hydrogens is 839 g/mol. The largest absolute Gasteiger partial charge is 0.505 e. The lowest BCUT2D eigenvalue weighted by Crippen LogP contribution is -2.47. The molecule has 2 aliphatic rings. The predicted octanol–water partition coefficient (Wildman–Crippen LogP) is 6.90. The van der Waals surface area contributed by atoms with Crippen LogP contribution in [-0.2, 0) is 23.8 Å². The molecule has 0 saturated carbocycles. The molecule has 3 heterocycles. The van der Waals surface area contributed by atoms with Crippen molar-refractivity contribution in [1.29, 1.82) is 0 Å². The number of fused-ring (bicyclic) bond motifs is 2. The average molecular weight is 906 g/mol. The summed E-state index contributed by atoms with van der Waals surface area (Å²) in [5.74, 6) is -6.50. The van der Waals surface area contributed by atoms with Gasteiger partial charge in [-0.3, -0.25) is 19.2 Å². The Labute approximate surface area is 379 Å². The number of anilines is 1. The first-order valence-electron chi connectivity index (χ1n) is 23.0. The molecule has 4 bridgehead atoms. The summed E-state index contributed by atoms with van der Waals surface area (Å²) in [4.78, 5) is 63.1. The molecule has 10 atom stereocenters. The van der Waals surface area contributed by atoms with Crippen molar-refractivity contribution in [3.8, 4) is 17.2 Å². The van der Waals surface area contributed by atoms with Crippen molar-refractivity contribution in [2.45, 2.75) is 125 Å². The Morgan fingerprint density at radius 3 is 2.34 bits per heavy atom. The second-order valence-electron chi connectivity index (χ2n) is 18.2. The van der Waals surface area contributed by atoms with Crippen LogP contribution in [0.1, 0.15) is 104 Å². The number of methoxy groups -OCH3 is 1. The van der Waals surface area contributed by atoms with Crippen LogP contribution in [0.25, 0.3) is 33.0 Å². The molecule has 4 N–H and O–H groups in total. The standard InChI is InChI=1S/C49H67N3O13/c1-12-52(13-2)21-23-61-32-18-15-19-33-37(32)50-38-34-35-42(56)29(8)45-36(34)47(58)49(10,65-45)62-22-20-31(60-11)26(5)44(63-30(9)53)28(7)41(55)27(6)40(54)24(3)16-14-17-25(4)48(59)51-39(43(35)57)46(38)64-33/h15,18-19,24-28,31,40-41,44,54-55,57H,12-14,16-17,20-23H2,1-11H3,(H,51,59)/t24-,25+,26+,27+,28+,31-,40-,41+,44+,49-/m0/s1. The number of para-hydroxylation sites is 1. The van der Waals surface area contributed by atoms with Crippen LogP contribution in [0.2, 0.25) is 0 Å². The molecule has 0 spiro atoms. The number of phenols is 1. The van der Waals surface area contributed by atoms with Gasteiger partial charge >= 0.3 is 5.97 Å². The average Bonchev–Trinajstić information content (AvgIpc) is 3.55. The third-order valence-corrected chi connectivity index (χ3v) is 13.9. The number of aromatic hydroxyl groups is 1. The van der Waals surface area contributed by atoms with E-state index in [1.165, 1.54) is 27.9 Å². The van der Waals surface area contributed by atoms with Crippen LogP contribution >= 0.6 is 0 Å². The van der Waals surface area contributed by atoms with Crippen molar-refractivity contribution in [2.75, 3.05) is 45.3 Å². The van der Waals surface area contributed by atoms with E-state index in [1.54, 1.807) is 39.0 Å². The maximum atomic E-state index is 14.9. The van der Waals surface area contributed by atoms with Crippen molar-refractivity contribution in [3.63, 3.8) is 0 Å². The molecular formula is C49H67N3O13. The lowest BCUT2D eigenvalue weighted by molar-refractivity contribution is -0.164. The molecule has 6 rings (SSSR count). The first-order chi connectivity index (χ1) is 30.8. The Morgan fingerprint density at radius 1 is 0.969 bits per heavy atom. The van der Waals surface area contributed by atoms with Gasteiger partial charge in [0.2, 0.25) is 11.7 Å². The molecule has 1 amide bonds. The number of amides is 1. The molecule has 0 aliphatic carbocycles. The van der Waals surface area contributed by atoms with E-state index in [-0.39, 0.29) is 74.5 Å². The quantitative estimate of drug-likeness (QED) is 0.0612. The molecule has 16 nitrogen and oxygen atoms in total. The van der Waals surface area contributed by atoms with E-state index in [9.17, 15) is 34.5 Å². The zero-order chi connectivity index (χ0) is 47.7. The van der Waals surface area contributed by atoms with Gasteiger partial charge in [-0.15, -0.1) is 0 Å². The lowest BCUT2D eigenvalue weighted by Gasteiger charge is -2.39. The van der Waals surface area contributed by atoms with E-state index in [4.69, 9.17) is 33.1 Å². The number of phenolic OH excluding ortho intramolecular Hbond substituents is 1. The minimum Gasteiger partial charge on any atom is -0.505 e. The predicted molar refractivity (Wildman–Crippen MR) is 246 cm³/mol. The van der Waals surface area contributed by atoms with Gasteiger partial charge in [0, 0.05) is 62.1 Å². The second-order valence-corrected chi connectivity index (χ2v) is 18.2. The van der Waals surface area contributed by atoms with Gasteiger partial charge in [-0.2, -0.15) is 0 Å². The molecule has 0 radical (unpaired) electrons. The number of esters is 1. The first kappa shape index (κ1) is 49.6. The van der Waals surface area contributed by atoms with Crippen LogP contribution in [0.15, 0.2) is 27.4 Å². The SMILES string of the molecule is CCN(CC)CCOc1cccc2oc3c4c(O)c5c(=O)c(C)c6c(c5c3nc12)C(=O)[C@@](C)(OCC[C@H](OC)[C@@H](C)[C@@H](OC(C)=O)[C@H](C)[C@H](O)[C@H](C)[C@@H](O)[C@@H](C)CCC[C@@H](C)C(=O)N4)O6. The highest BCUT2D eigenvalue weighted by Crippen LogP contribution is 2.49. The van der Waals surface area contributed by atoms with Crippen molar-refractivity contribution in [2.24, 2.45) is 29.6 Å². The summed E-state index contributed by atoms with van der Waals surface area (Å²) in [5.41, 5.74) is -0.386. The normalized spacial score (nSPS) is 28.6. The van der Waals surface area contributed by atoms with E-state index < -0.39 is 82.7 Å². The molecule has 356 valence electrons. The number of likely N-dealkylation sites (N-methyl/N-ethyl adjacent to an activating group) is 1. The zero-order valence-electron chi connectivity index (χ0n) is 39.6. The van der Waals surface area contributed by atoms with E-state index in [0.717, 1.165) is 13.1 Å². The van der Waals surface area contributed by atoms with Crippen LogP contribution in [-0.4, -0.2) is 113 Å². The molecule has 16 heteroatoms. The number of hydrogen-bond acceptors (Lipinski definition) is 15. The van der Waals surface area contributed by atoms with Gasteiger partial charge in [0.05, 0.1) is 35.9 Å². The van der Waals surface area contributed by atoms with Gasteiger partial charge in [0.15, 0.2) is 22.3 Å². The smallest absolute Gasteiger partial charge is 0.302 e. The third-order valence-electron chi connectivity index (χ3n) is 13.9. The Kier molecular flexibility index (Phi) is 15.5. The Morgan fingerprint density at radius 2 is 1.68 bits per heavy atom. The van der Waals surface area contributed by atoms with Crippen molar-refractivity contribution in [1.82, 2.24) is 9.88 Å². The number of carbonyl (C=O) groups excluding carboxylic acids is 3. The highest BCUT2D eigenvalue weighted by atomic mass is 16.7. The summed E-state index contributed by atoms with van der Waals surface area (Å²) < 4.78 is 37.1. The molecule has 65 heavy (non-hydrogen) atoms. The maximum absolute atomic E-state index is 14.9. The summed E-state index contributed by atoms with van der Waals surface area (Å²) in [7, 11) is 1.51. The van der Waals surface area contributed by atoms with E-state index in [2.05, 4.69) is 24.1 Å². The third kappa shape index (κ3) is 9.69. The molecule has 2 aliphatic heterocycles. The Balaban J connectivity index is 1.52. The van der Waals surface area contributed by atoms with Gasteiger partial charge in [0.1, 0.15) is 40.9 Å². The van der Waals surface area contributed by atoms with Gasteiger partial charge < -0.3 is 53.6 Å². The number of aliphatic hydroxyl groups excluding tert-OH is 2. The summed E-state index contributed by atoms with van der Waals surface area (Å²) in [5, 5.41) is 37.8. The number of rotatable bonds is 8.